The lowest BCUT2D eigenvalue weighted by Gasteiger charge is -2.12. The number of halogens is 3. The standard InChI is InChI=1S/C11H15BrF2N2O2S/c1-7(2)15-3-4-19(17,18)16-11-9(12)5-8(13)6-10(11)14/h5-7,15-16H,3-4H2,1-2H3. The van der Waals surface area contributed by atoms with Crippen molar-refractivity contribution in [2.24, 2.45) is 0 Å². The maximum absolute atomic E-state index is 13.5. The third-order valence-corrected chi connectivity index (χ3v) is 4.07. The van der Waals surface area contributed by atoms with Gasteiger partial charge in [0.1, 0.15) is 5.82 Å². The smallest absolute Gasteiger partial charge is 0.234 e. The maximum Gasteiger partial charge on any atom is 0.234 e. The minimum absolute atomic E-state index is 0.0189. The fourth-order valence-corrected chi connectivity index (χ4v) is 2.97. The quantitative estimate of drug-likeness (QED) is 0.823. The molecule has 2 N–H and O–H groups in total. The van der Waals surface area contributed by atoms with E-state index in [1.54, 1.807) is 0 Å². The second-order valence-electron chi connectivity index (χ2n) is 4.27. The summed E-state index contributed by atoms with van der Waals surface area (Å²) in [4.78, 5) is 0. The molecule has 0 amide bonds. The molecule has 4 nitrogen and oxygen atoms in total. The largest absolute Gasteiger partial charge is 0.313 e. The summed E-state index contributed by atoms with van der Waals surface area (Å²) in [6.45, 7) is 4.01. The lowest BCUT2D eigenvalue weighted by atomic mass is 10.3. The Morgan fingerprint density at radius 2 is 1.95 bits per heavy atom. The molecular weight excluding hydrogens is 342 g/mol. The predicted octanol–water partition coefficient (Wildman–Crippen LogP) is 2.47. The van der Waals surface area contributed by atoms with Crippen LogP contribution < -0.4 is 10.0 Å². The number of sulfonamides is 1. The van der Waals surface area contributed by atoms with E-state index in [4.69, 9.17) is 0 Å². The lowest BCUT2D eigenvalue weighted by Crippen LogP contribution is -2.31. The van der Waals surface area contributed by atoms with Gasteiger partial charge in [0, 0.05) is 23.1 Å². The minimum Gasteiger partial charge on any atom is -0.313 e. The molecule has 0 saturated heterocycles. The monoisotopic (exact) mass is 356 g/mol. The summed E-state index contributed by atoms with van der Waals surface area (Å²) in [5.41, 5.74) is -0.286. The van der Waals surface area contributed by atoms with Crippen molar-refractivity contribution in [2.45, 2.75) is 19.9 Å². The van der Waals surface area contributed by atoms with Crippen LogP contribution in [0.25, 0.3) is 0 Å². The van der Waals surface area contributed by atoms with Crippen molar-refractivity contribution in [3.05, 3.63) is 28.2 Å². The zero-order chi connectivity index (χ0) is 14.6. The van der Waals surface area contributed by atoms with Crippen molar-refractivity contribution in [2.75, 3.05) is 17.0 Å². The van der Waals surface area contributed by atoms with Crippen LogP contribution in [0.1, 0.15) is 13.8 Å². The minimum atomic E-state index is -3.69. The first-order chi connectivity index (χ1) is 8.71. The van der Waals surface area contributed by atoms with Gasteiger partial charge in [-0.2, -0.15) is 0 Å². The normalized spacial score (nSPS) is 11.9. The van der Waals surface area contributed by atoms with Gasteiger partial charge in [-0.3, -0.25) is 4.72 Å². The third kappa shape index (κ3) is 5.42. The van der Waals surface area contributed by atoms with Gasteiger partial charge in [-0.15, -0.1) is 0 Å². The predicted molar refractivity (Wildman–Crippen MR) is 74.6 cm³/mol. The second kappa shape index (κ2) is 6.62. The van der Waals surface area contributed by atoms with E-state index in [9.17, 15) is 17.2 Å². The fraction of sp³-hybridized carbons (Fsp3) is 0.455. The summed E-state index contributed by atoms with van der Waals surface area (Å²) < 4.78 is 52.0. The Morgan fingerprint density at radius 3 is 2.47 bits per heavy atom. The topological polar surface area (TPSA) is 58.2 Å². The van der Waals surface area contributed by atoms with E-state index >= 15 is 0 Å². The van der Waals surface area contributed by atoms with Crippen LogP contribution in [0.3, 0.4) is 0 Å². The number of rotatable bonds is 6. The molecule has 0 atom stereocenters. The van der Waals surface area contributed by atoms with E-state index in [1.807, 2.05) is 13.8 Å². The zero-order valence-corrected chi connectivity index (χ0v) is 12.9. The van der Waals surface area contributed by atoms with Gasteiger partial charge >= 0.3 is 0 Å². The number of nitrogens with one attached hydrogen (secondary N) is 2. The van der Waals surface area contributed by atoms with Crippen LogP contribution in [0.2, 0.25) is 0 Å². The molecule has 0 fully saturated rings. The molecule has 8 heteroatoms. The van der Waals surface area contributed by atoms with Crippen LogP contribution in [0, 0.1) is 11.6 Å². The van der Waals surface area contributed by atoms with Crippen molar-refractivity contribution in [1.82, 2.24) is 5.32 Å². The van der Waals surface area contributed by atoms with E-state index in [0.29, 0.717) is 6.07 Å². The molecule has 0 aliphatic heterocycles. The van der Waals surface area contributed by atoms with Crippen LogP contribution in [-0.2, 0) is 10.0 Å². The summed E-state index contributed by atoms with van der Waals surface area (Å²) in [6, 6.07) is 1.77. The van der Waals surface area contributed by atoms with Crippen molar-refractivity contribution in [3.8, 4) is 0 Å². The van der Waals surface area contributed by atoms with Gasteiger partial charge in [-0.05, 0) is 22.0 Å². The molecule has 0 unspecified atom stereocenters. The molecule has 108 valence electrons. The molecule has 1 rings (SSSR count). The molecule has 0 saturated carbocycles. The first-order valence-electron chi connectivity index (χ1n) is 5.59. The van der Waals surface area contributed by atoms with Crippen molar-refractivity contribution in [1.29, 1.82) is 0 Å². The molecule has 1 aromatic carbocycles. The van der Waals surface area contributed by atoms with Crippen LogP contribution in [-0.4, -0.2) is 26.8 Å². The van der Waals surface area contributed by atoms with Crippen LogP contribution in [0.5, 0.6) is 0 Å². The van der Waals surface area contributed by atoms with Gasteiger partial charge in [0.25, 0.3) is 0 Å². The SMILES string of the molecule is CC(C)NCCS(=O)(=O)Nc1c(F)cc(F)cc1Br. The average Bonchev–Trinajstić information content (AvgIpc) is 2.22. The Morgan fingerprint density at radius 1 is 1.32 bits per heavy atom. The zero-order valence-electron chi connectivity index (χ0n) is 10.5. The van der Waals surface area contributed by atoms with E-state index in [2.05, 4.69) is 26.0 Å². The molecule has 0 aromatic heterocycles. The number of anilines is 1. The van der Waals surface area contributed by atoms with Crippen LogP contribution in [0.4, 0.5) is 14.5 Å². The molecule has 0 bridgehead atoms. The van der Waals surface area contributed by atoms with Crippen molar-refractivity contribution < 1.29 is 17.2 Å². The fourth-order valence-electron chi connectivity index (χ4n) is 1.33. The van der Waals surface area contributed by atoms with E-state index in [0.717, 1.165) is 6.07 Å². The molecule has 19 heavy (non-hydrogen) atoms. The highest BCUT2D eigenvalue weighted by atomic mass is 79.9. The summed E-state index contributed by atoms with van der Waals surface area (Å²) in [5, 5.41) is 2.94. The molecule has 0 aliphatic carbocycles. The van der Waals surface area contributed by atoms with Gasteiger partial charge in [-0.1, -0.05) is 13.8 Å². The molecular formula is C11H15BrF2N2O2S. The lowest BCUT2D eigenvalue weighted by molar-refractivity contribution is 0.576. The molecule has 1 aromatic rings. The number of hydrogen-bond acceptors (Lipinski definition) is 3. The molecule has 0 aliphatic rings. The summed E-state index contributed by atoms with van der Waals surface area (Å²) in [6.07, 6.45) is 0. The first kappa shape index (κ1) is 16.3. The Kier molecular flexibility index (Phi) is 5.69. The van der Waals surface area contributed by atoms with E-state index in [-0.39, 0.29) is 28.5 Å². The Labute approximate surface area is 119 Å². The van der Waals surface area contributed by atoms with Gasteiger partial charge in [-0.25, -0.2) is 17.2 Å². The van der Waals surface area contributed by atoms with Crippen LogP contribution in [0.15, 0.2) is 16.6 Å². The van der Waals surface area contributed by atoms with Gasteiger partial charge < -0.3 is 5.32 Å². The molecule has 0 spiro atoms. The van der Waals surface area contributed by atoms with Crippen molar-refractivity contribution >= 4 is 31.6 Å². The molecule has 0 heterocycles. The Hall–Kier alpha value is -0.730. The average molecular weight is 357 g/mol. The summed E-state index contributed by atoms with van der Waals surface area (Å²) in [5.74, 6) is -1.95. The van der Waals surface area contributed by atoms with E-state index in [1.165, 1.54) is 0 Å². The van der Waals surface area contributed by atoms with Gasteiger partial charge in [0.2, 0.25) is 10.0 Å². The first-order valence-corrected chi connectivity index (χ1v) is 8.04. The van der Waals surface area contributed by atoms with Crippen LogP contribution >= 0.6 is 15.9 Å². The van der Waals surface area contributed by atoms with Crippen molar-refractivity contribution in [3.63, 3.8) is 0 Å². The Bertz CT molecular complexity index is 527. The number of benzene rings is 1. The highest BCUT2D eigenvalue weighted by molar-refractivity contribution is 9.10. The summed E-state index contributed by atoms with van der Waals surface area (Å²) in [7, 11) is -3.69. The number of hydrogen-bond donors (Lipinski definition) is 2. The summed E-state index contributed by atoms with van der Waals surface area (Å²) >= 11 is 2.92. The van der Waals surface area contributed by atoms with Gasteiger partial charge in [0.15, 0.2) is 5.82 Å². The highest BCUT2D eigenvalue weighted by Gasteiger charge is 2.16. The second-order valence-corrected chi connectivity index (χ2v) is 6.97. The Balaban J connectivity index is 2.79. The maximum atomic E-state index is 13.5. The third-order valence-electron chi connectivity index (χ3n) is 2.19. The molecule has 0 radical (unpaired) electrons. The highest BCUT2D eigenvalue weighted by Crippen LogP contribution is 2.27. The van der Waals surface area contributed by atoms with E-state index < -0.39 is 21.7 Å². The van der Waals surface area contributed by atoms with Gasteiger partial charge in [0.05, 0.1) is 11.4 Å².